The Hall–Kier alpha value is -6.11. The van der Waals surface area contributed by atoms with Gasteiger partial charge in [0.05, 0.1) is 5.41 Å². The van der Waals surface area contributed by atoms with E-state index in [9.17, 15) is 0 Å². The first-order valence-electron chi connectivity index (χ1n) is 23.7. The second kappa shape index (κ2) is 16.7. The summed E-state index contributed by atoms with van der Waals surface area (Å²) in [5, 5.41) is 0. The fraction of sp³-hybridized carbons (Fsp3) is 0.238. The van der Waals surface area contributed by atoms with Gasteiger partial charge in [0.2, 0.25) is 13.4 Å². The van der Waals surface area contributed by atoms with Crippen molar-refractivity contribution >= 4 is 46.2 Å². The summed E-state index contributed by atoms with van der Waals surface area (Å²) in [6.07, 6.45) is 0. The Kier molecular flexibility index (Phi) is 11.3. The van der Waals surface area contributed by atoms with Gasteiger partial charge in [-0.15, -0.1) is 0 Å². The van der Waals surface area contributed by atoms with Crippen molar-refractivity contribution in [2.75, 3.05) is 0 Å². The van der Waals surface area contributed by atoms with Gasteiger partial charge in [-0.3, -0.25) is 0 Å². The van der Waals surface area contributed by atoms with Gasteiger partial charge in [0.1, 0.15) is 0 Å². The zero-order chi connectivity index (χ0) is 46.2. The van der Waals surface area contributed by atoms with E-state index >= 15 is 0 Å². The second-order valence-electron chi connectivity index (χ2n) is 20.2. The average Bonchev–Trinajstić information content (AvgIpc) is 3.51. The van der Waals surface area contributed by atoms with Crippen molar-refractivity contribution in [1.29, 1.82) is 0 Å². The molecule has 0 nitrogen and oxygen atoms in total. The van der Waals surface area contributed by atoms with Crippen molar-refractivity contribution in [2.45, 2.75) is 102 Å². The van der Waals surface area contributed by atoms with Crippen LogP contribution in [0.3, 0.4) is 0 Å². The third-order valence-corrected chi connectivity index (χ3v) is 14.9. The maximum absolute atomic E-state index is 2.60. The summed E-state index contributed by atoms with van der Waals surface area (Å²) in [4.78, 5) is 0. The van der Waals surface area contributed by atoms with Crippen molar-refractivity contribution < 1.29 is 0 Å². The number of hydrogen-bond acceptors (Lipinski definition) is 0. The van der Waals surface area contributed by atoms with Crippen LogP contribution >= 0.6 is 0 Å². The number of fused-ring (bicyclic) bond motifs is 3. The van der Waals surface area contributed by atoms with Gasteiger partial charge in [0.25, 0.3) is 0 Å². The van der Waals surface area contributed by atoms with E-state index in [-0.39, 0.29) is 13.4 Å². The van der Waals surface area contributed by atoms with Crippen molar-refractivity contribution in [3.63, 3.8) is 0 Å². The average molecular weight is 843 g/mol. The molecule has 0 bridgehead atoms. The van der Waals surface area contributed by atoms with E-state index in [0.717, 1.165) is 0 Å². The molecule has 1 aliphatic rings. The van der Waals surface area contributed by atoms with Gasteiger partial charge < -0.3 is 0 Å². The molecule has 0 saturated heterocycles. The van der Waals surface area contributed by atoms with Crippen LogP contribution in [0.4, 0.5) is 0 Å². The quantitative estimate of drug-likeness (QED) is 0.134. The molecule has 2 heteroatoms. The zero-order valence-electron chi connectivity index (χ0n) is 41.4. The first-order valence-corrected chi connectivity index (χ1v) is 23.7. The lowest BCUT2D eigenvalue weighted by atomic mass is 9.34. The Labute approximate surface area is 391 Å². The van der Waals surface area contributed by atoms with Crippen LogP contribution in [0.15, 0.2) is 133 Å². The predicted octanol–water partition coefficient (Wildman–Crippen LogP) is 11.4. The number of hydrogen-bond donors (Lipinski definition) is 0. The standard InChI is InChI=1S/C63H64B2/c1-37-15-19-51(20-16-37)63(52-21-17-38(2)18-22-52)57-25-23-53(64(59-43(7)27-39(3)28-44(59)8)60-45(9)29-40(4)30-46(60)10)35-55(57)56-36-54(24-26-58(56)63)65(61-47(11)31-41(5)32-48(61)12)62-49(13)33-42(6)34-50(62)14/h15-36H,1-14H3. The van der Waals surface area contributed by atoms with Crippen LogP contribution in [-0.2, 0) is 5.41 Å². The van der Waals surface area contributed by atoms with Crippen LogP contribution in [0.5, 0.6) is 0 Å². The Balaban J connectivity index is 1.41. The lowest BCUT2D eigenvalue weighted by molar-refractivity contribution is 0.768. The largest absolute Gasteiger partial charge is 0.242 e. The van der Waals surface area contributed by atoms with Gasteiger partial charge in [-0.05, 0) is 130 Å². The van der Waals surface area contributed by atoms with E-state index < -0.39 is 5.41 Å². The molecule has 1 aliphatic carbocycles. The molecule has 9 rings (SSSR count). The minimum Gasteiger partial charge on any atom is -0.0680 e. The predicted molar refractivity (Wildman–Crippen MR) is 285 cm³/mol. The van der Waals surface area contributed by atoms with E-state index in [1.54, 1.807) is 0 Å². The maximum atomic E-state index is 2.60. The molecule has 0 unspecified atom stereocenters. The molecule has 65 heavy (non-hydrogen) atoms. The highest BCUT2D eigenvalue weighted by atomic mass is 14.5. The summed E-state index contributed by atoms with van der Waals surface area (Å²) in [7, 11) is 0. The third kappa shape index (κ3) is 7.44. The van der Waals surface area contributed by atoms with Crippen LogP contribution in [-0.4, -0.2) is 13.4 Å². The third-order valence-electron chi connectivity index (χ3n) is 14.9. The summed E-state index contributed by atoms with van der Waals surface area (Å²) in [6.45, 7) is 32.0. The van der Waals surface area contributed by atoms with Gasteiger partial charge in [0, 0.05) is 0 Å². The molecule has 0 amide bonds. The smallest absolute Gasteiger partial charge is 0.0680 e. The molecule has 0 radical (unpaired) electrons. The highest BCUT2D eigenvalue weighted by Crippen LogP contribution is 2.55. The van der Waals surface area contributed by atoms with Gasteiger partial charge in [-0.25, -0.2) is 0 Å². The fourth-order valence-electron chi connectivity index (χ4n) is 12.7. The van der Waals surface area contributed by atoms with Crippen LogP contribution in [0.2, 0.25) is 0 Å². The first-order chi connectivity index (χ1) is 31.0. The van der Waals surface area contributed by atoms with Crippen LogP contribution in [0.25, 0.3) is 11.1 Å². The van der Waals surface area contributed by atoms with Gasteiger partial charge in [-0.2, -0.15) is 0 Å². The maximum Gasteiger partial charge on any atom is 0.242 e. The van der Waals surface area contributed by atoms with Crippen molar-refractivity contribution in [1.82, 2.24) is 0 Å². The van der Waals surface area contributed by atoms with Crippen LogP contribution < -0.4 is 32.8 Å². The molecule has 0 N–H and O–H groups in total. The lowest BCUT2D eigenvalue weighted by Crippen LogP contribution is -2.56. The normalized spacial score (nSPS) is 12.6. The number of rotatable bonds is 8. The van der Waals surface area contributed by atoms with E-state index in [4.69, 9.17) is 0 Å². The van der Waals surface area contributed by atoms with Crippen molar-refractivity contribution in [3.05, 3.63) is 234 Å². The minimum atomic E-state index is -0.523. The molecule has 0 spiro atoms. The Morgan fingerprint density at radius 3 is 0.754 bits per heavy atom. The SMILES string of the molecule is Cc1ccc(C2(c3ccc(C)cc3)c3ccc(B(c4c(C)cc(C)cc4C)c4c(C)cc(C)cc4C)cc3-c3cc(B(c4c(C)cc(C)cc4C)c4c(C)cc(C)cc4C)ccc32)cc1. The van der Waals surface area contributed by atoms with Crippen molar-refractivity contribution in [3.8, 4) is 11.1 Å². The summed E-state index contributed by atoms with van der Waals surface area (Å²) in [6, 6.07) is 53.0. The molecule has 0 aliphatic heterocycles. The molecule has 0 atom stereocenters. The second-order valence-corrected chi connectivity index (χ2v) is 20.2. The molecule has 8 aromatic rings. The fourth-order valence-corrected chi connectivity index (χ4v) is 12.7. The molecule has 322 valence electrons. The molecule has 8 aromatic carbocycles. The Morgan fingerprint density at radius 1 is 0.262 bits per heavy atom. The Morgan fingerprint density at radius 2 is 0.508 bits per heavy atom. The van der Waals surface area contributed by atoms with Crippen LogP contribution in [0.1, 0.15) is 100 Å². The van der Waals surface area contributed by atoms with Gasteiger partial charge in [0.15, 0.2) is 0 Å². The topological polar surface area (TPSA) is 0 Å². The van der Waals surface area contributed by atoms with E-state index in [1.807, 2.05) is 0 Å². The lowest BCUT2D eigenvalue weighted by Gasteiger charge is -2.34. The van der Waals surface area contributed by atoms with E-state index in [2.05, 4.69) is 230 Å². The van der Waals surface area contributed by atoms with Crippen molar-refractivity contribution in [2.24, 2.45) is 0 Å². The summed E-state index contributed by atoms with van der Waals surface area (Å²) in [5.74, 6) is 0. The molecule has 0 aromatic heterocycles. The number of aryl methyl sites for hydroxylation is 14. The molecule has 0 saturated carbocycles. The zero-order valence-corrected chi connectivity index (χ0v) is 41.4. The molecule has 0 heterocycles. The summed E-state index contributed by atoms with van der Waals surface area (Å²) in [5.41, 5.74) is 34.3. The first kappa shape index (κ1) is 44.1. The summed E-state index contributed by atoms with van der Waals surface area (Å²) < 4.78 is 0. The molecular weight excluding hydrogens is 778 g/mol. The number of benzene rings is 8. The van der Waals surface area contributed by atoms with Gasteiger partial charge in [-0.1, -0.05) is 244 Å². The van der Waals surface area contributed by atoms with E-state index in [1.165, 1.54) is 144 Å². The van der Waals surface area contributed by atoms with Crippen LogP contribution in [0, 0.1) is 96.9 Å². The Bertz CT molecular complexity index is 2760. The summed E-state index contributed by atoms with van der Waals surface area (Å²) >= 11 is 0. The molecular formula is C63H64B2. The monoisotopic (exact) mass is 843 g/mol. The van der Waals surface area contributed by atoms with E-state index in [0.29, 0.717) is 0 Å². The van der Waals surface area contributed by atoms with Gasteiger partial charge >= 0.3 is 0 Å². The highest BCUT2D eigenvalue weighted by Gasteiger charge is 2.47. The highest BCUT2D eigenvalue weighted by molar-refractivity contribution is 6.97. The minimum absolute atomic E-state index is 0.0605. The molecule has 0 fully saturated rings.